The van der Waals surface area contributed by atoms with E-state index < -0.39 is 0 Å². The third kappa shape index (κ3) is 6.66. The number of hydrogen-bond donors (Lipinski definition) is 0. The molecule has 0 unspecified atom stereocenters. The molecule has 0 aromatic heterocycles. The molecule has 13 heavy (non-hydrogen) atoms. The first-order valence-electron chi connectivity index (χ1n) is 5.13. The highest BCUT2D eigenvalue weighted by molar-refractivity contribution is 4.82. The summed E-state index contributed by atoms with van der Waals surface area (Å²) in [5.74, 6) is 2.67. The van der Waals surface area contributed by atoms with Gasteiger partial charge in [-0.3, -0.25) is 0 Å². The van der Waals surface area contributed by atoms with Crippen molar-refractivity contribution in [3.63, 3.8) is 0 Å². The molecule has 0 aliphatic rings. The summed E-state index contributed by atoms with van der Waals surface area (Å²) in [6.45, 7) is 7.91. The Morgan fingerprint density at radius 1 is 1.15 bits per heavy atom. The maximum absolute atomic E-state index is 5.18. The minimum Gasteiger partial charge on any atom is -0.302 e. The molecule has 0 N–H and O–H groups in total. The van der Waals surface area contributed by atoms with Crippen molar-refractivity contribution in [3.05, 3.63) is 0 Å². The first-order valence-corrected chi connectivity index (χ1v) is 5.13. The van der Waals surface area contributed by atoms with Gasteiger partial charge in [-0.1, -0.05) is 6.42 Å². The quantitative estimate of drug-likeness (QED) is 0.465. The monoisotopic (exact) mass is 181 g/mol. The molecule has 0 amide bonds. The zero-order chi connectivity index (χ0) is 10.3. The van der Waals surface area contributed by atoms with Gasteiger partial charge >= 0.3 is 0 Å². The Morgan fingerprint density at radius 3 is 2.23 bits per heavy atom. The highest BCUT2D eigenvalue weighted by atomic mass is 15.1. The van der Waals surface area contributed by atoms with Crippen molar-refractivity contribution in [1.29, 1.82) is 0 Å². The van der Waals surface area contributed by atoms with Gasteiger partial charge in [-0.15, -0.1) is 12.3 Å². The maximum Gasteiger partial charge on any atom is 0.0122 e. The summed E-state index contributed by atoms with van der Waals surface area (Å²) in [6, 6.07) is 0. The molecule has 0 saturated heterocycles. The Morgan fingerprint density at radius 2 is 1.77 bits per heavy atom. The van der Waals surface area contributed by atoms with E-state index in [1.54, 1.807) is 0 Å². The molecule has 0 radical (unpaired) electrons. The second-order valence-corrected chi connectivity index (χ2v) is 4.61. The lowest BCUT2D eigenvalue weighted by Crippen LogP contribution is -2.38. The third-order valence-electron chi connectivity index (χ3n) is 2.46. The molecule has 0 aliphatic carbocycles. The lowest BCUT2D eigenvalue weighted by atomic mass is 10.1. The molecule has 76 valence electrons. The van der Waals surface area contributed by atoms with Crippen molar-refractivity contribution in [2.75, 3.05) is 13.6 Å². The molecule has 0 bridgehead atoms. The van der Waals surface area contributed by atoms with Crippen molar-refractivity contribution >= 4 is 0 Å². The molecule has 0 heterocycles. The Hall–Kier alpha value is -0.480. The van der Waals surface area contributed by atoms with E-state index in [0.717, 1.165) is 6.42 Å². The molecule has 1 heteroatoms. The van der Waals surface area contributed by atoms with Crippen LogP contribution in [0.2, 0.25) is 0 Å². The molecule has 0 saturated carbocycles. The Balaban J connectivity index is 3.39. The highest BCUT2D eigenvalue weighted by Gasteiger charge is 2.15. The largest absolute Gasteiger partial charge is 0.302 e. The molecule has 0 aliphatic heterocycles. The van der Waals surface area contributed by atoms with Crippen LogP contribution in [0.1, 0.15) is 46.5 Å². The molecular formula is C12H23N. The second-order valence-electron chi connectivity index (χ2n) is 4.61. The third-order valence-corrected chi connectivity index (χ3v) is 2.46. The normalized spacial score (nSPS) is 11.7. The first-order chi connectivity index (χ1) is 5.98. The van der Waals surface area contributed by atoms with Crippen LogP contribution in [0.5, 0.6) is 0 Å². The summed E-state index contributed by atoms with van der Waals surface area (Å²) in [6.07, 6.45) is 9.80. The Bertz CT molecular complexity index is 159. The van der Waals surface area contributed by atoms with Crippen LogP contribution >= 0.6 is 0 Å². The Labute approximate surface area is 83.5 Å². The van der Waals surface area contributed by atoms with E-state index in [9.17, 15) is 0 Å². The molecule has 0 spiro atoms. The number of terminal acetylenes is 1. The van der Waals surface area contributed by atoms with Gasteiger partial charge in [-0.2, -0.15) is 0 Å². The average molecular weight is 181 g/mol. The molecule has 0 aromatic rings. The van der Waals surface area contributed by atoms with E-state index >= 15 is 0 Å². The van der Waals surface area contributed by atoms with Gasteiger partial charge in [-0.25, -0.2) is 0 Å². The van der Waals surface area contributed by atoms with Gasteiger partial charge in [0.25, 0.3) is 0 Å². The summed E-state index contributed by atoms with van der Waals surface area (Å²) in [7, 11) is 2.18. The standard InChI is InChI=1S/C12H23N/c1-6-7-8-9-10-11-13(5)12(2,3)4/h1H,7-11H2,2-5H3. The van der Waals surface area contributed by atoms with E-state index in [0.29, 0.717) is 5.54 Å². The number of rotatable bonds is 5. The van der Waals surface area contributed by atoms with Crippen molar-refractivity contribution in [1.82, 2.24) is 4.90 Å². The minimum absolute atomic E-state index is 0.298. The molecular weight excluding hydrogens is 158 g/mol. The molecule has 0 rings (SSSR count). The SMILES string of the molecule is C#CCCCCCN(C)C(C)(C)C. The van der Waals surface area contributed by atoms with Gasteiger partial charge in [0, 0.05) is 12.0 Å². The number of unbranched alkanes of at least 4 members (excludes halogenated alkanes) is 3. The Kier molecular flexibility index (Phi) is 5.82. The summed E-state index contributed by atoms with van der Waals surface area (Å²) in [4.78, 5) is 2.39. The number of hydrogen-bond acceptors (Lipinski definition) is 1. The predicted molar refractivity (Wildman–Crippen MR) is 59.7 cm³/mol. The van der Waals surface area contributed by atoms with Crippen molar-refractivity contribution < 1.29 is 0 Å². The fraction of sp³-hybridized carbons (Fsp3) is 0.833. The van der Waals surface area contributed by atoms with Gasteiger partial charge in [-0.05, 0) is 47.2 Å². The van der Waals surface area contributed by atoms with Crippen LogP contribution < -0.4 is 0 Å². The van der Waals surface area contributed by atoms with Crippen LogP contribution in [0.3, 0.4) is 0 Å². The zero-order valence-electron chi connectivity index (χ0n) is 9.56. The first kappa shape index (κ1) is 12.5. The number of nitrogens with zero attached hydrogens (tertiary/aromatic N) is 1. The van der Waals surface area contributed by atoms with Crippen LogP contribution in [0.4, 0.5) is 0 Å². The van der Waals surface area contributed by atoms with Crippen molar-refractivity contribution in [3.8, 4) is 12.3 Å². The van der Waals surface area contributed by atoms with Crippen LogP contribution in [-0.4, -0.2) is 24.0 Å². The van der Waals surface area contributed by atoms with Crippen LogP contribution in [0.25, 0.3) is 0 Å². The van der Waals surface area contributed by atoms with Crippen LogP contribution in [0.15, 0.2) is 0 Å². The summed E-state index contributed by atoms with van der Waals surface area (Å²) >= 11 is 0. The minimum atomic E-state index is 0.298. The van der Waals surface area contributed by atoms with E-state index in [4.69, 9.17) is 6.42 Å². The summed E-state index contributed by atoms with van der Waals surface area (Å²) in [5, 5.41) is 0. The maximum atomic E-state index is 5.18. The van der Waals surface area contributed by atoms with Gasteiger partial charge in [0.15, 0.2) is 0 Å². The predicted octanol–water partition coefficient (Wildman–Crippen LogP) is 2.91. The van der Waals surface area contributed by atoms with Gasteiger partial charge < -0.3 is 4.90 Å². The topological polar surface area (TPSA) is 3.24 Å². The lowest BCUT2D eigenvalue weighted by Gasteiger charge is -2.31. The molecule has 1 nitrogen and oxygen atoms in total. The second kappa shape index (κ2) is 6.05. The van der Waals surface area contributed by atoms with Crippen molar-refractivity contribution in [2.45, 2.75) is 52.0 Å². The summed E-state index contributed by atoms with van der Waals surface area (Å²) in [5.41, 5.74) is 0.298. The zero-order valence-corrected chi connectivity index (χ0v) is 9.56. The van der Waals surface area contributed by atoms with Crippen LogP contribution in [-0.2, 0) is 0 Å². The van der Waals surface area contributed by atoms with E-state index in [2.05, 4.69) is 38.6 Å². The molecule has 0 aromatic carbocycles. The lowest BCUT2D eigenvalue weighted by molar-refractivity contribution is 0.172. The smallest absolute Gasteiger partial charge is 0.0122 e. The highest BCUT2D eigenvalue weighted by Crippen LogP contribution is 2.11. The fourth-order valence-electron chi connectivity index (χ4n) is 1.09. The average Bonchev–Trinajstić information content (AvgIpc) is 2.02. The van der Waals surface area contributed by atoms with Gasteiger partial charge in [0.05, 0.1) is 0 Å². The molecule has 0 fully saturated rings. The van der Waals surface area contributed by atoms with E-state index in [1.807, 2.05) is 0 Å². The molecule has 0 atom stereocenters. The van der Waals surface area contributed by atoms with Crippen LogP contribution in [0, 0.1) is 12.3 Å². The fourth-order valence-corrected chi connectivity index (χ4v) is 1.09. The van der Waals surface area contributed by atoms with E-state index in [-0.39, 0.29) is 0 Å². The van der Waals surface area contributed by atoms with E-state index in [1.165, 1.54) is 25.8 Å². The van der Waals surface area contributed by atoms with Gasteiger partial charge in [0.1, 0.15) is 0 Å². The van der Waals surface area contributed by atoms with Crippen molar-refractivity contribution in [2.24, 2.45) is 0 Å². The summed E-state index contributed by atoms with van der Waals surface area (Å²) < 4.78 is 0. The van der Waals surface area contributed by atoms with Gasteiger partial charge in [0.2, 0.25) is 0 Å².